The zero-order chi connectivity index (χ0) is 15.9. The molecule has 1 aromatic rings. The first-order valence-electron chi connectivity index (χ1n) is 6.75. The molecule has 0 N–H and O–H groups in total. The standard InChI is InChI=1S/C18H21NO2/c1-14(13-17(20)21-5)16(19-18(2,3)4)12-11-15-9-7-6-8-10-15/h6-10,13H,1-5H3/b14-13+,19-16?. The third-order valence-electron chi connectivity index (χ3n) is 2.46. The summed E-state index contributed by atoms with van der Waals surface area (Å²) in [5, 5.41) is 0. The van der Waals surface area contributed by atoms with Crippen molar-refractivity contribution in [3.63, 3.8) is 0 Å². The van der Waals surface area contributed by atoms with Crippen molar-refractivity contribution in [2.75, 3.05) is 7.11 Å². The first kappa shape index (κ1) is 16.7. The number of aliphatic imine (C=N–C) groups is 1. The monoisotopic (exact) mass is 283 g/mol. The molecule has 3 heteroatoms. The first-order valence-corrected chi connectivity index (χ1v) is 6.75. The molecule has 0 aliphatic rings. The van der Waals surface area contributed by atoms with E-state index in [2.05, 4.69) is 21.6 Å². The summed E-state index contributed by atoms with van der Waals surface area (Å²) in [4.78, 5) is 15.9. The van der Waals surface area contributed by atoms with E-state index in [-0.39, 0.29) is 5.54 Å². The molecule has 0 unspecified atom stereocenters. The van der Waals surface area contributed by atoms with Crippen LogP contribution in [0.5, 0.6) is 0 Å². The number of methoxy groups -OCH3 is 1. The summed E-state index contributed by atoms with van der Waals surface area (Å²) in [5.74, 6) is 5.70. The van der Waals surface area contributed by atoms with Crippen molar-refractivity contribution < 1.29 is 9.53 Å². The highest BCUT2D eigenvalue weighted by atomic mass is 16.5. The highest BCUT2D eigenvalue weighted by Gasteiger charge is 2.11. The maximum Gasteiger partial charge on any atom is 0.330 e. The minimum Gasteiger partial charge on any atom is -0.466 e. The van der Waals surface area contributed by atoms with Gasteiger partial charge in [-0.25, -0.2) is 4.79 Å². The van der Waals surface area contributed by atoms with Crippen LogP contribution in [0, 0.1) is 11.8 Å². The molecule has 0 fully saturated rings. The van der Waals surface area contributed by atoms with E-state index in [4.69, 9.17) is 0 Å². The van der Waals surface area contributed by atoms with Crippen LogP contribution >= 0.6 is 0 Å². The summed E-state index contributed by atoms with van der Waals surface area (Å²) in [5.41, 5.74) is 1.92. The van der Waals surface area contributed by atoms with E-state index < -0.39 is 5.97 Å². The number of nitrogens with zero attached hydrogens (tertiary/aromatic N) is 1. The van der Waals surface area contributed by atoms with E-state index in [1.165, 1.54) is 13.2 Å². The Labute approximate surface area is 126 Å². The van der Waals surface area contributed by atoms with Crippen molar-refractivity contribution in [2.24, 2.45) is 4.99 Å². The van der Waals surface area contributed by atoms with Gasteiger partial charge in [-0.15, -0.1) is 0 Å². The molecule has 0 heterocycles. The van der Waals surface area contributed by atoms with Crippen LogP contribution in [0.1, 0.15) is 33.3 Å². The summed E-state index contributed by atoms with van der Waals surface area (Å²) in [6.07, 6.45) is 1.41. The van der Waals surface area contributed by atoms with Gasteiger partial charge in [0, 0.05) is 11.6 Å². The zero-order valence-corrected chi connectivity index (χ0v) is 13.2. The predicted octanol–water partition coefficient (Wildman–Crippen LogP) is 3.40. The van der Waals surface area contributed by atoms with Crippen LogP contribution in [0.4, 0.5) is 0 Å². The van der Waals surface area contributed by atoms with E-state index in [9.17, 15) is 4.79 Å². The molecular formula is C18H21NO2. The molecule has 3 nitrogen and oxygen atoms in total. The first-order chi connectivity index (χ1) is 9.81. The van der Waals surface area contributed by atoms with Crippen LogP contribution in [0.3, 0.4) is 0 Å². The Morgan fingerprint density at radius 2 is 1.86 bits per heavy atom. The van der Waals surface area contributed by atoms with E-state index in [1.807, 2.05) is 51.1 Å². The second-order valence-corrected chi connectivity index (χ2v) is 5.60. The third kappa shape index (κ3) is 6.58. The molecule has 1 aromatic carbocycles. The molecule has 0 amide bonds. The average Bonchev–Trinajstić information content (AvgIpc) is 2.43. The van der Waals surface area contributed by atoms with E-state index in [0.717, 1.165) is 5.56 Å². The molecular weight excluding hydrogens is 262 g/mol. The van der Waals surface area contributed by atoms with Crippen molar-refractivity contribution >= 4 is 11.7 Å². The second kappa shape index (κ2) is 7.44. The van der Waals surface area contributed by atoms with Crippen LogP contribution in [0.2, 0.25) is 0 Å². The van der Waals surface area contributed by atoms with Gasteiger partial charge in [-0.3, -0.25) is 4.99 Å². The van der Waals surface area contributed by atoms with Gasteiger partial charge in [-0.1, -0.05) is 24.1 Å². The summed E-state index contributed by atoms with van der Waals surface area (Å²) in [7, 11) is 1.35. The number of carbonyl (C=O) groups excluding carboxylic acids is 1. The van der Waals surface area contributed by atoms with Gasteiger partial charge in [-0.2, -0.15) is 0 Å². The fourth-order valence-electron chi connectivity index (χ4n) is 1.51. The van der Waals surface area contributed by atoms with E-state index in [1.54, 1.807) is 6.92 Å². The van der Waals surface area contributed by atoms with Crippen molar-refractivity contribution in [1.29, 1.82) is 0 Å². The van der Waals surface area contributed by atoms with Gasteiger partial charge in [0.25, 0.3) is 0 Å². The molecule has 0 aromatic heterocycles. The quantitative estimate of drug-likeness (QED) is 0.361. The highest BCUT2D eigenvalue weighted by Crippen LogP contribution is 2.10. The molecule has 0 radical (unpaired) electrons. The molecule has 0 saturated heterocycles. The lowest BCUT2D eigenvalue weighted by Crippen LogP contribution is -2.14. The largest absolute Gasteiger partial charge is 0.466 e. The third-order valence-corrected chi connectivity index (χ3v) is 2.46. The number of rotatable bonds is 2. The fraction of sp³-hybridized carbons (Fsp3) is 0.333. The summed E-state index contributed by atoms with van der Waals surface area (Å²) >= 11 is 0. The minimum atomic E-state index is -0.407. The van der Waals surface area contributed by atoms with Crippen LogP contribution in [-0.2, 0) is 9.53 Å². The van der Waals surface area contributed by atoms with Crippen molar-refractivity contribution in [3.05, 3.63) is 47.5 Å². The van der Waals surface area contributed by atoms with Crippen molar-refractivity contribution in [3.8, 4) is 11.8 Å². The molecule has 1 rings (SSSR count). The van der Waals surface area contributed by atoms with Gasteiger partial charge >= 0.3 is 5.97 Å². The van der Waals surface area contributed by atoms with E-state index in [0.29, 0.717) is 11.3 Å². The van der Waals surface area contributed by atoms with Gasteiger partial charge in [0.15, 0.2) is 0 Å². The lowest BCUT2D eigenvalue weighted by molar-refractivity contribution is -0.134. The van der Waals surface area contributed by atoms with Crippen LogP contribution in [0.15, 0.2) is 47.0 Å². The maximum absolute atomic E-state index is 11.4. The van der Waals surface area contributed by atoms with Crippen molar-refractivity contribution in [1.82, 2.24) is 0 Å². The Morgan fingerprint density at radius 1 is 1.24 bits per heavy atom. The number of allylic oxidation sites excluding steroid dienone is 1. The van der Waals surface area contributed by atoms with Crippen LogP contribution < -0.4 is 0 Å². The average molecular weight is 283 g/mol. The van der Waals surface area contributed by atoms with Gasteiger partial charge in [0.05, 0.1) is 12.6 Å². The number of hydrogen-bond acceptors (Lipinski definition) is 3. The second-order valence-electron chi connectivity index (χ2n) is 5.60. The van der Waals surface area contributed by atoms with E-state index >= 15 is 0 Å². The fourth-order valence-corrected chi connectivity index (χ4v) is 1.51. The lowest BCUT2D eigenvalue weighted by atomic mass is 10.1. The predicted molar refractivity (Wildman–Crippen MR) is 86.3 cm³/mol. The summed E-state index contributed by atoms with van der Waals surface area (Å²) in [6.45, 7) is 7.77. The minimum absolute atomic E-state index is 0.272. The molecule has 0 aliphatic heterocycles. The Kier molecular flexibility index (Phi) is 5.92. The number of esters is 1. The Hall–Kier alpha value is -2.34. The topological polar surface area (TPSA) is 38.7 Å². The molecule has 21 heavy (non-hydrogen) atoms. The molecule has 0 aliphatic carbocycles. The number of benzene rings is 1. The van der Waals surface area contributed by atoms with Gasteiger partial charge in [0.2, 0.25) is 0 Å². The number of hydrogen-bond donors (Lipinski definition) is 0. The molecule has 0 spiro atoms. The smallest absolute Gasteiger partial charge is 0.330 e. The Balaban J connectivity index is 3.17. The van der Waals surface area contributed by atoms with Gasteiger partial charge in [0.1, 0.15) is 5.71 Å². The molecule has 0 atom stereocenters. The Bertz CT molecular complexity index is 608. The number of carbonyl (C=O) groups is 1. The molecule has 0 saturated carbocycles. The number of ether oxygens (including phenoxy) is 1. The van der Waals surface area contributed by atoms with Gasteiger partial charge < -0.3 is 4.74 Å². The molecule has 110 valence electrons. The summed E-state index contributed by atoms with van der Waals surface area (Å²) in [6, 6.07) is 9.67. The highest BCUT2D eigenvalue weighted by molar-refractivity contribution is 6.14. The summed E-state index contributed by atoms with van der Waals surface area (Å²) < 4.78 is 4.65. The maximum atomic E-state index is 11.4. The lowest BCUT2D eigenvalue weighted by Gasteiger charge is -2.13. The normalized spacial score (nSPS) is 12.4. The van der Waals surface area contributed by atoms with Crippen molar-refractivity contribution in [2.45, 2.75) is 33.2 Å². The van der Waals surface area contributed by atoms with Gasteiger partial charge in [-0.05, 0) is 51.3 Å². The zero-order valence-electron chi connectivity index (χ0n) is 13.2. The molecule has 0 bridgehead atoms. The Morgan fingerprint density at radius 3 is 2.38 bits per heavy atom. The SMILES string of the molecule is COC(=O)/C=C(\C)C(C#Cc1ccccc1)=NC(C)(C)C. The van der Waals surface area contributed by atoms with Crippen LogP contribution in [0.25, 0.3) is 0 Å². The van der Waals surface area contributed by atoms with Crippen LogP contribution in [-0.4, -0.2) is 24.3 Å².